The van der Waals surface area contributed by atoms with Crippen LogP contribution in [0.5, 0.6) is 5.88 Å². The molecule has 0 saturated heterocycles. The summed E-state index contributed by atoms with van der Waals surface area (Å²) in [7, 11) is 0. The number of hydrogen-bond acceptors (Lipinski definition) is 6. The summed E-state index contributed by atoms with van der Waals surface area (Å²) >= 11 is 0. The van der Waals surface area contributed by atoms with Crippen molar-refractivity contribution in [2.45, 2.75) is 19.8 Å². The number of rotatable bonds is 4. The highest BCUT2D eigenvalue weighted by Gasteiger charge is 2.39. The van der Waals surface area contributed by atoms with E-state index in [9.17, 15) is 4.79 Å². The highest BCUT2D eigenvalue weighted by Crippen LogP contribution is 2.45. The molecule has 0 fully saturated rings. The predicted molar refractivity (Wildman–Crippen MR) is 103 cm³/mol. The molecule has 0 amide bonds. The lowest BCUT2D eigenvalue weighted by Crippen LogP contribution is -2.28. The van der Waals surface area contributed by atoms with Crippen molar-refractivity contribution < 1.29 is 14.3 Å². The van der Waals surface area contributed by atoms with Crippen LogP contribution in [0.1, 0.15) is 29.7 Å². The third kappa shape index (κ3) is 2.90. The molecule has 0 radical (unpaired) electrons. The molecule has 0 aliphatic carbocycles. The third-order valence-corrected chi connectivity index (χ3v) is 4.65. The lowest BCUT2D eigenvalue weighted by atomic mass is 9.84. The second kappa shape index (κ2) is 7.19. The molecule has 142 valence electrons. The molecule has 0 bridgehead atoms. The molecule has 0 spiro atoms. The van der Waals surface area contributed by atoms with Crippen LogP contribution in [0.2, 0.25) is 0 Å². The minimum atomic E-state index is -0.501. The lowest BCUT2D eigenvalue weighted by molar-refractivity contribution is -0.139. The molecular weight excluding hydrogens is 356 g/mol. The van der Waals surface area contributed by atoms with Crippen molar-refractivity contribution in [2.24, 2.45) is 5.73 Å². The molecule has 1 aromatic carbocycles. The Morgan fingerprint density at radius 2 is 1.93 bits per heavy atom. The maximum Gasteiger partial charge on any atom is 0.340 e. The summed E-state index contributed by atoms with van der Waals surface area (Å²) in [6.07, 6.45) is 3.36. The quantitative estimate of drug-likeness (QED) is 0.704. The van der Waals surface area contributed by atoms with Crippen molar-refractivity contribution in [3.05, 3.63) is 83.1 Å². The van der Waals surface area contributed by atoms with Crippen LogP contribution in [0.25, 0.3) is 5.69 Å². The zero-order chi connectivity index (χ0) is 19.7. The fourth-order valence-electron chi connectivity index (χ4n) is 3.46. The summed E-state index contributed by atoms with van der Waals surface area (Å²) in [5, 5.41) is 4.65. The van der Waals surface area contributed by atoms with Crippen molar-refractivity contribution in [3.63, 3.8) is 0 Å². The van der Waals surface area contributed by atoms with Gasteiger partial charge in [0.25, 0.3) is 0 Å². The van der Waals surface area contributed by atoms with Gasteiger partial charge in [0.05, 0.1) is 29.5 Å². The van der Waals surface area contributed by atoms with Crippen LogP contribution in [0, 0.1) is 6.92 Å². The van der Waals surface area contributed by atoms with Gasteiger partial charge in [-0.25, -0.2) is 9.48 Å². The first-order valence-corrected chi connectivity index (χ1v) is 9.01. The van der Waals surface area contributed by atoms with E-state index in [-0.39, 0.29) is 18.1 Å². The number of hydrogen-bond donors (Lipinski definition) is 1. The van der Waals surface area contributed by atoms with Gasteiger partial charge in [0, 0.05) is 12.4 Å². The average molecular weight is 376 g/mol. The fourth-order valence-corrected chi connectivity index (χ4v) is 3.46. The summed E-state index contributed by atoms with van der Waals surface area (Å²) in [6.45, 7) is 3.89. The monoisotopic (exact) mass is 376 g/mol. The van der Waals surface area contributed by atoms with E-state index in [0.717, 1.165) is 22.5 Å². The van der Waals surface area contributed by atoms with Gasteiger partial charge >= 0.3 is 5.97 Å². The number of pyridine rings is 1. The number of carbonyl (C=O) groups is 1. The normalized spacial score (nSPS) is 15.7. The number of aryl methyl sites for hydroxylation is 1. The summed E-state index contributed by atoms with van der Waals surface area (Å²) in [4.78, 5) is 16.8. The van der Waals surface area contributed by atoms with E-state index in [1.165, 1.54) is 0 Å². The standard InChI is InChI=1S/C21H20N4O3/c1-3-27-21(26)18-17(14-9-11-23-12-10-14)16-13(2)24-25(20(16)28-19(18)22)15-7-5-4-6-8-15/h4-12,17H,3,22H2,1-2H3/t17-/m1/s1. The predicted octanol–water partition coefficient (Wildman–Crippen LogP) is 2.83. The topological polar surface area (TPSA) is 92.3 Å². The first-order valence-electron chi connectivity index (χ1n) is 9.01. The molecular formula is C21H20N4O3. The van der Waals surface area contributed by atoms with E-state index in [1.807, 2.05) is 49.4 Å². The van der Waals surface area contributed by atoms with Crippen LogP contribution in [-0.2, 0) is 9.53 Å². The molecule has 1 aliphatic rings. The van der Waals surface area contributed by atoms with Gasteiger partial charge in [-0.15, -0.1) is 0 Å². The number of para-hydroxylation sites is 1. The number of aromatic nitrogens is 3. The molecule has 7 heteroatoms. The Morgan fingerprint density at radius 3 is 2.61 bits per heavy atom. The number of esters is 1. The number of fused-ring (bicyclic) bond motifs is 1. The molecule has 7 nitrogen and oxygen atoms in total. The van der Waals surface area contributed by atoms with Crippen molar-refractivity contribution >= 4 is 5.97 Å². The van der Waals surface area contributed by atoms with Gasteiger partial charge in [-0.1, -0.05) is 18.2 Å². The average Bonchev–Trinajstić information content (AvgIpc) is 3.04. The minimum absolute atomic E-state index is 0.0184. The number of benzene rings is 1. The van der Waals surface area contributed by atoms with Gasteiger partial charge in [0.1, 0.15) is 5.57 Å². The lowest BCUT2D eigenvalue weighted by Gasteiger charge is -2.27. The summed E-state index contributed by atoms with van der Waals surface area (Å²) in [5.74, 6) is -0.441. The first kappa shape index (κ1) is 17.8. The molecule has 3 heterocycles. The SMILES string of the molecule is CCOC(=O)C1=C(N)Oc2c(c(C)nn2-c2ccccc2)[C@H]1c1ccncc1. The molecule has 2 N–H and O–H groups in total. The molecule has 28 heavy (non-hydrogen) atoms. The Morgan fingerprint density at radius 1 is 1.21 bits per heavy atom. The zero-order valence-electron chi connectivity index (χ0n) is 15.6. The van der Waals surface area contributed by atoms with E-state index in [0.29, 0.717) is 5.88 Å². The molecule has 0 unspecified atom stereocenters. The van der Waals surface area contributed by atoms with Gasteiger partial charge in [-0.3, -0.25) is 4.98 Å². The Bertz CT molecular complexity index is 1040. The van der Waals surface area contributed by atoms with Crippen molar-refractivity contribution in [1.82, 2.24) is 14.8 Å². The zero-order valence-corrected chi connectivity index (χ0v) is 15.6. The summed E-state index contributed by atoms with van der Waals surface area (Å²) in [6, 6.07) is 13.3. The number of nitrogens with two attached hydrogens (primary N) is 1. The van der Waals surface area contributed by atoms with Crippen LogP contribution in [0.4, 0.5) is 0 Å². The van der Waals surface area contributed by atoms with E-state index in [1.54, 1.807) is 24.0 Å². The van der Waals surface area contributed by atoms with Crippen LogP contribution in [-0.4, -0.2) is 27.3 Å². The van der Waals surface area contributed by atoms with E-state index in [2.05, 4.69) is 10.1 Å². The van der Waals surface area contributed by atoms with Gasteiger partial charge < -0.3 is 15.2 Å². The summed E-state index contributed by atoms with van der Waals surface area (Å²) < 4.78 is 12.9. The number of nitrogens with zero attached hydrogens (tertiary/aromatic N) is 3. The van der Waals surface area contributed by atoms with Gasteiger partial charge in [0.2, 0.25) is 11.8 Å². The second-order valence-electron chi connectivity index (χ2n) is 6.37. The first-order chi connectivity index (χ1) is 13.6. The highest BCUT2D eigenvalue weighted by molar-refractivity contribution is 5.92. The van der Waals surface area contributed by atoms with Crippen molar-refractivity contribution in [3.8, 4) is 11.6 Å². The third-order valence-electron chi connectivity index (χ3n) is 4.65. The molecule has 3 aromatic rings. The maximum atomic E-state index is 12.7. The summed E-state index contributed by atoms with van der Waals surface area (Å²) in [5.41, 5.74) is 9.72. The largest absolute Gasteiger partial charge is 0.462 e. The Labute approximate surface area is 162 Å². The van der Waals surface area contributed by atoms with Crippen LogP contribution < -0.4 is 10.5 Å². The molecule has 1 aliphatic heterocycles. The Balaban J connectivity index is 1.94. The van der Waals surface area contributed by atoms with E-state index >= 15 is 0 Å². The van der Waals surface area contributed by atoms with Gasteiger partial charge in [-0.2, -0.15) is 5.10 Å². The molecule has 2 aromatic heterocycles. The number of ether oxygens (including phenoxy) is 2. The second-order valence-corrected chi connectivity index (χ2v) is 6.37. The number of carbonyl (C=O) groups excluding carboxylic acids is 1. The molecule has 4 rings (SSSR count). The van der Waals surface area contributed by atoms with Gasteiger partial charge in [-0.05, 0) is 43.7 Å². The molecule has 0 saturated carbocycles. The van der Waals surface area contributed by atoms with E-state index in [4.69, 9.17) is 15.2 Å². The van der Waals surface area contributed by atoms with Crippen LogP contribution in [0.3, 0.4) is 0 Å². The Kier molecular flexibility index (Phi) is 4.57. The van der Waals surface area contributed by atoms with Crippen molar-refractivity contribution in [1.29, 1.82) is 0 Å². The highest BCUT2D eigenvalue weighted by atomic mass is 16.5. The fraction of sp³-hybridized carbons (Fsp3) is 0.190. The van der Waals surface area contributed by atoms with Crippen LogP contribution in [0.15, 0.2) is 66.3 Å². The van der Waals surface area contributed by atoms with E-state index < -0.39 is 11.9 Å². The van der Waals surface area contributed by atoms with Crippen LogP contribution >= 0.6 is 0 Å². The van der Waals surface area contributed by atoms with Crippen molar-refractivity contribution in [2.75, 3.05) is 6.61 Å². The maximum absolute atomic E-state index is 12.7. The van der Waals surface area contributed by atoms with Gasteiger partial charge in [0.15, 0.2) is 0 Å². The smallest absolute Gasteiger partial charge is 0.340 e. The molecule has 1 atom stereocenters. The minimum Gasteiger partial charge on any atom is -0.462 e. The Hall–Kier alpha value is -3.61.